The zero-order valence-electron chi connectivity index (χ0n) is 15.1. The molecule has 2 aromatic carbocycles. The summed E-state index contributed by atoms with van der Waals surface area (Å²) < 4.78 is 16.0. The van der Waals surface area contributed by atoms with Gasteiger partial charge in [0.25, 0.3) is 0 Å². The molecule has 0 aliphatic heterocycles. The van der Waals surface area contributed by atoms with Gasteiger partial charge in [0, 0.05) is 5.57 Å². The standard InChI is InChI=1S/C21H20N2O4/c1-3-26-21(24)20(22)19(14-7-5-4-6-8-14)15-9-10-16(17(11-15)25-2)18-12-23-13-27-18/h4-13H,3,22H2,1-2H3. The van der Waals surface area contributed by atoms with E-state index in [1.165, 1.54) is 6.39 Å². The number of methoxy groups -OCH3 is 1. The molecule has 0 amide bonds. The van der Waals surface area contributed by atoms with Crippen molar-refractivity contribution in [2.45, 2.75) is 6.92 Å². The number of benzene rings is 2. The second-order valence-electron chi connectivity index (χ2n) is 5.66. The molecule has 1 heterocycles. The Morgan fingerprint density at radius 1 is 1.15 bits per heavy atom. The summed E-state index contributed by atoms with van der Waals surface area (Å²) in [7, 11) is 1.57. The van der Waals surface area contributed by atoms with E-state index in [2.05, 4.69) is 4.98 Å². The van der Waals surface area contributed by atoms with Crippen molar-refractivity contribution in [3.63, 3.8) is 0 Å². The average molecular weight is 364 g/mol. The highest BCUT2D eigenvalue weighted by Crippen LogP contribution is 2.35. The van der Waals surface area contributed by atoms with E-state index in [9.17, 15) is 4.79 Å². The van der Waals surface area contributed by atoms with Crippen LogP contribution in [0, 0.1) is 0 Å². The van der Waals surface area contributed by atoms with Crippen LogP contribution in [0.4, 0.5) is 0 Å². The van der Waals surface area contributed by atoms with Crippen LogP contribution >= 0.6 is 0 Å². The van der Waals surface area contributed by atoms with Crippen molar-refractivity contribution in [1.29, 1.82) is 0 Å². The number of ether oxygens (including phenoxy) is 2. The van der Waals surface area contributed by atoms with Crippen molar-refractivity contribution < 1.29 is 18.7 Å². The first-order chi connectivity index (χ1) is 13.2. The lowest BCUT2D eigenvalue weighted by molar-refractivity contribution is -0.138. The van der Waals surface area contributed by atoms with Gasteiger partial charge in [-0.05, 0) is 30.2 Å². The highest BCUT2D eigenvalue weighted by atomic mass is 16.5. The molecule has 3 aromatic rings. The number of hydrogen-bond donors (Lipinski definition) is 1. The van der Waals surface area contributed by atoms with Crippen molar-refractivity contribution >= 4 is 11.5 Å². The zero-order valence-corrected chi connectivity index (χ0v) is 15.1. The summed E-state index contributed by atoms with van der Waals surface area (Å²) in [6.45, 7) is 1.98. The summed E-state index contributed by atoms with van der Waals surface area (Å²) in [6.07, 6.45) is 2.97. The smallest absolute Gasteiger partial charge is 0.354 e. The van der Waals surface area contributed by atoms with Gasteiger partial charge < -0.3 is 19.6 Å². The molecular formula is C21H20N2O4. The summed E-state index contributed by atoms with van der Waals surface area (Å²) in [5.74, 6) is 0.603. The monoisotopic (exact) mass is 364 g/mol. The molecule has 0 bridgehead atoms. The third-order valence-corrected chi connectivity index (χ3v) is 4.02. The Labute approximate surface area is 157 Å². The van der Waals surface area contributed by atoms with Gasteiger partial charge in [-0.2, -0.15) is 0 Å². The lowest BCUT2D eigenvalue weighted by atomic mass is 9.94. The van der Waals surface area contributed by atoms with Crippen molar-refractivity contribution in [3.8, 4) is 17.1 Å². The highest BCUT2D eigenvalue weighted by molar-refractivity contribution is 6.01. The first-order valence-electron chi connectivity index (χ1n) is 8.45. The largest absolute Gasteiger partial charge is 0.496 e. The van der Waals surface area contributed by atoms with Crippen LogP contribution in [0.5, 0.6) is 5.75 Å². The second kappa shape index (κ2) is 8.23. The Morgan fingerprint density at radius 3 is 2.56 bits per heavy atom. The molecular weight excluding hydrogens is 344 g/mol. The molecule has 138 valence electrons. The maximum atomic E-state index is 12.3. The van der Waals surface area contributed by atoms with Gasteiger partial charge in [0.15, 0.2) is 12.2 Å². The fourth-order valence-corrected chi connectivity index (χ4v) is 2.79. The van der Waals surface area contributed by atoms with Crippen LogP contribution < -0.4 is 10.5 Å². The number of hydrogen-bond acceptors (Lipinski definition) is 6. The number of nitrogens with zero attached hydrogens (tertiary/aromatic N) is 1. The molecule has 0 saturated carbocycles. The summed E-state index contributed by atoms with van der Waals surface area (Å²) in [6, 6.07) is 14.9. The van der Waals surface area contributed by atoms with Crippen LogP contribution in [0.25, 0.3) is 16.9 Å². The molecule has 6 heteroatoms. The molecule has 27 heavy (non-hydrogen) atoms. The Morgan fingerprint density at radius 2 is 1.93 bits per heavy atom. The molecule has 0 atom stereocenters. The van der Waals surface area contributed by atoms with Gasteiger partial charge in [-0.25, -0.2) is 9.78 Å². The molecule has 2 N–H and O–H groups in total. The summed E-state index contributed by atoms with van der Waals surface area (Å²) in [5.41, 5.74) is 9.07. The first-order valence-corrected chi connectivity index (χ1v) is 8.45. The van der Waals surface area contributed by atoms with Crippen LogP contribution in [0.2, 0.25) is 0 Å². The molecule has 6 nitrogen and oxygen atoms in total. The van der Waals surface area contributed by atoms with E-state index < -0.39 is 5.97 Å². The van der Waals surface area contributed by atoms with Crippen LogP contribution in [0.3, 0.4) is 0 Å². The molecule has 1 aromatic heterocycles. The fraction of sp³-hybridized carbons (Fsp3) is 0.143. The van der Waals surface area contributed by atoms with Gasteiger partial charge in [-0.3, -0.25) is 0 Å². The van der Waals surface area contributed by atoms with E-state index in [0.717, 1.165) is 16.7 Å². The van der Waals surface area contributed by atoms with Gasteiger partial charge in [-0.15, -0.1) is 0 Å². The molecule has 0 fully saturated rings. The second-order valence-corrected chi connectivity index (χ2v) is 5.66. The SMILES string of the molecule is CCOC(=O)C(N)=C(c1ccccc1)c1ccc(-c2cnco2)c(OC)c1. The van der Waals surface area contributed by atoms with Crippen molar-refractivity contribution in [3.05, 3.63) is 77.9 Å². The van der Waals surface area contributed by atoms with Gasteiger partial charge in [0.1, 0.15) is 11.4 Å². The maximum absolute atomic E-state index is 12.3. The van der Waals surface area contributed by atoms with Gasteiger partial charge >= 0.3 is 5.97 Å². The number of nitrogens with two attached hydrogens (primary N) is 1. The maximum Gasteiger partial charge on any atom is 0.354 e. The van der Waals surface area contributed by atoms with Crippen LogP contribution in [-0.4, -0.2) is 24.7 Å². The lowest BCUT2D eigenvalue weighted by Crippen LogP contribution is -2.17. The van der Waals surface area contributed by atoms with Crippen molar-refractivity contribution in [2.24, 2.45) is 5.73 Å². The van der Waals surface area contributed by atoms with Gasteiger partial charge in [0.05, 0.1) is 25.5 Å². The number of rotatable bonds is 6. The van der Waals surface area contributed by atoms with Crippen LogP contribution in [0.15, 0.2) is 71.2 Å². The number of carbonyl (C=O) groups excluding carboxylic acids is 1. The Hall–Kier alpha value is -3.54. The molecule has 0 aliphatic rings. The molecule has 3 rings (SSSR count). The van der Waals surface area contributed by atoms with E-state index in [4.69, 9.17) is 19.6 Å². The van der Waals surface area contributed by atoms with E-state index in [1.807, 2.05) is 48.5 Å². The first kappa shape index (κ1) is 18.3. The van der Waals surface area contributed by atoms with Crippen molar-refractivity contribution in [2.75, 3.05) is 13.7 Å². The summed E-state index contributed by atoms with van der Waals surface area (Å²) >= 11 is 0. The predicted molar refractivity (Wildman–Crippen MR) is 102 cm³/mol. The summed E-state index contributed by atoms with van der Waals surface area (Å²) in [5, 5.41) is 0. The van der Waals surface area contributed by atoms with Crippen molar-refractivity contribution in [1.82, 2.24) is 4.98 Å². The number of aromatic nitrogens is 1. The van der Waals surface area contributed by atoms with E-state index in [-0.39, 0.29) is 12.3 Å². The van der Waals surface area contributed by atoms with Gasteiger partial charge in [-0.1, -0.05) is 36.4 Å². The van der Waals surface area contributed by atoms with Gasteiger partial charge in [0.2, 0.25) is 0 Å². The highest BCUT2D eigenvalue weighted by Gasteiger charge is 2.19. The van der Waals surface area contributed by atoms with Crippen LogP contribution in [0.1, 0.15) is 18.1 Å². The normalized spacial score (nSPS) is 11.6. The number of oxazole rings is 1. The molecule has 0 aliphatic carbocycles. The minimum absolute atomic E-state index is 0.0394. The Bertz CT molecular complexity index is 948. The Balaban J connectivity index is 2.16. The van der Waals surface area contributed by atoms with Crippen LogP contribution in [-0.2, 0) is 9.53 Å². The minimum atomic E-state index is -0.561. The fourth-order valence-electron chi connectivity index (χ4n) is 2.79. The molecule has 0 spiro atoms. The molecule has 0 radical (unpaired) electrons. The van der Waals surface area contributed by atoms with E-state index in [0.29, 0.717) is 17.1 Å². The summed E-state index contributed by atoms with van der Waals surface area (Å²) in [4.78, 5) is 16.2. The predicted octanol–water partition coefficient (Wildman–Crippen LogP) is 3.63. The topological polar surface area (TPSA) is 87.6 Å². The Kier molecular flexibility index (Phi) is 5.56. The quantitative estimate of drug-likeness (QED) is 0.531. The van der Waals surface area contributed by atoms with E-state index >= 15 is 0 Å². The third kappa shape index (κ3) is 3.84. The minimum Gasteiger partial charge on any atom is -0.496 e. The number of esters is 1. The lowest BCUT2D eigenvalue weighted by Gasteiger charge is -2.15. The zero-order chi connectivity index (χ0) is 19.2. The molecule has 0 unspecified atom stereocenters. The van der Waals surface area contributed by atoms with E-state index in [1.54, 1.807) is 20.2 Å². The third-order valence-electron chi connectivity index (χ3n) is 4.02. The molecule has 0 saturated heterocycles. The average Bonchev–Trinajstić information content (AvgIpc) is 3.23. The number of carbonyl (C=O) groups is 1.